The molecule has 4 rings (SSSR count). The van der Waals surface area contributed by atoms with Crippen LogP contribution in [-0.2, 0) is 16.1 Å². The quantitative estimate of drug-likeness (QED) is 0.504. The van der Waals surface area contributed by atoms with Crippen LogP contribution in [0.5, 0.6) is 0 Å². The molecule has 0 atom stereocenters. The molecule has 2 heterocycles. The van der Waals surface area contributed by atoms with Crippen molar-refractivity contribution in [3.05, 3.63) is 57.6 Å². The Kier molecular flexibility index (Phi) is 6.02. The van der Waals surface area contributed by atoms with E-state index in [1.54, 1.807) is 23.1 Å². The molecule has 0 spiro atoms. The van der Waals surface area contributed by atoms with Crippen LogP contribution in [0, 0.1) is 13.8 Å². The first-order valence-corrected chi connectivity index (χ1v) is 11.6. The third-order valence-electron chi connectivity index (χ3n) is 5.12. The van der Waals surface area contributed by atoms with E-state index in [0.717, 1.165) is 42.0 Å². The molecule has 6 nitrogen and oxygen atoms in total. The van der Waals surface area contributed by atoms with Crippen LogP contribution in [-0.4, -0.2) is 28.7 Å². The van der Waals surface area contributed by atoms with E-state index in [1.807, 2.05) is 13.8 Å². The Morgan fingerprint density at radius 3 is 2.48 bits per heavy atom. The van der Waals surface area contributed by atoms with Crippen LogP contribution in [0.15, 0.2) is 46.3 Å². The van der Waals surface area contributed by atoms with E-state index in [9.17, 15) is 19.8 Å². The lowest BCUT2D eigenvalue weighted by Crippen LogP contribution is -2.36. The van der Waals surface area contributed by atoms with Crippen LogP contribution < -0.4 is 9.47 Å². The highest BCUT2D eigenvalue weighted by Crippen LogP contribution is 2.47. The number of aliphatic carboxylic acids is 2. The second-order valence-electron chi connectivity index (χ2n) is 7.56. The molecule has 3 aromatic rings. The van der Waals surface area contributed by atoms with Gasteiger partial charge >= 0.3 is 11.9 Å². The maximum absolute atomic E-state index is 11.2. The molecule has 1 aromatic heterocycles. The van der Waals surface area contributed by atoms with Crippen molar-refractivity contribution in [1.29, 1.82) is 0 Å². The normalized spacial score (nSPS) is 14.4. The summed E-state index contributed by atoms with van der Waals surface area (Å²) in [6, 6.07) is 12.4. The van der Waals surface area contributed by atoms with Crippen molar-refractivity contribution in [1.82, 2.24) is 0 Å². The lowest BCUT2D eigenvalue weighted by atomic mass is 10.2. The highest BCUT2D eigenvalue weighted by Gasteiger charge is 2.28. The Balaban J connectivity index is 1.79. The van der Waals surface area contributed by atoms with Crippen LogP contribution in [0.25, 0.3) is 16.3 Å². The lowest BCUT2D eigenvalue weighted by molar-refractivity contribution is -0.667. The van der Waals surface area contributed by atoms with Gasteiger partial charge in [-0.2, -0.15) is 4.57 Å². The molecule has 1 aliphatic rings. The average molecular weight is 456 g/mol. The van der Waals surface area contributed by atoms with Gasteiger partial charge in [0.05, 0.1) is 23.2 Å². The van der Waals surface area contributed by atoms with E-state index in [1.165, 1.54) is 0 Å². The van der Waals surface area contributed by atoms with E-state index in [-0.39, 0.29) is 12.8 Å². The molecule has 0 radical (unpaired) electrons. The van der Waals surface area contributed by atoms with E-state index < -0.39 is 11.9 Å². The number of nitrogens with zero attached hydrogens (tertiary/aromatic N) is 2. The standard InChI is InChI=1S/C23H22N2O4S2/c1-14-3-5-18-16(11-14)24(9-7-22(26)27)20(30-18)13-21-25(10-8-23(28)29)17-12-15(2)4-6-19(17)31-21/h3-6,11-13H,7-10H2,1-2H3,(H-,26,27,28,29)/p+1. The maximum atomic E-state index is 11.2. The fourth-order valence-corrected chi connectivity index (χ4v) is 5.90. The molecule has 0 saturated heterocycles. The largest absolute Gasteiger partial charge is 0.481 e. The van der Waals surface area contributed by atoms with Crippen LogP contribution in [0.4, 0.5) is 5.69 Å². The summed E-state index contributed by atoms with van der Waals surface area (Å²) in [4.78, 5) is 25.6. The second kappa shape index (κ2) is 8.72. The second-order valence-corrected chi connectivity index (χ2v) is 9.68. The van der Waals surface area contributed by atoms with E-state index >= 15 is 0 Å². The van der Waals surface area contributed by atoms with Crippen LogP contribution in [0.2, 0.25) is 0 Å². The van der Waals surface area contributed by atoms with Gasteiger partial charge in [0.2, 0.25) is 5.52 Å². The van der Waals surface area contributed by atoms with Gasteiger partial charge in [0.15, 0.2) is 6.54 Å². The van der Waals surface area contributed by atoms with Gasteiger partial charge in [0.25, 0.3) is 5.01 Å². The molecule has 0 bridgehead atoms. The SMILES string of the molecule is Cc1ccc2c(c1)N(CCC(=O)O)C(=Cc1sc3ccc(C)cc3[n+]1CCC(=O)O)S2. The van der Waals surface area contributed by atoms with Gasteiger partial charge in [0, 0.05) is 17.5 Å². The molecule has 8 heteroatoms. The molecule has 2 N–H and O–H groups in total. The highest BCUT2D eigenvalue weighted by molar-refractivity contribution is 8.03. The smallest absolute Gasteiger partial charge is 0.309 e. The molecule has 0 fully saturated rings. The van der Waals surface area contributed by atoms with Crippen LogP contribution >= 0.6 is 23.1 Å². The first-order valence-electron chi connectivity index (χ1n) is 9.96. The third-order valence-corrected chi connectivity index (χ3v) is 7.34. The van der Waals surface area contributed by atoms with Crippen molar-refractivity contribution < 1.29 is 24.4 Å². The molecular formula is C23H23N2O4S2+. The van der Waals surface area contributed by atoms with Gasteiger partial charge in [-0.05, 0) is 43.2 Å². The van der Waals surface area contributed by atoms with Crippen molar-refractivity contribution in [2.24, 2.45) is 0 Å². The number of rotatable bonds is 7. The highest BCUT2D eigenvalue weighted by atomic mass is 32.2. The Hall–Kier alpha value is -2.84. The topological polar surface area (TPSA) is 81.7 Å². The number of anilines is 1. The molecule has 31 heavy (non-hydrogen) atoms. The van der Waals surface area contributed by atoms with Crippen LogP contribution in [0.1, 0.15) is 29.0 Å². The summed E-state index contributed by atoms with van der Waals surface area (Å²) in [7, 11) is 0. The lowest BCUT2D eigenvalue weighted by Gasteiger charge is -2.19. The Bertz CT molecular complexity index is 1220. The third kappa shape index (κ3) is 4.60. The van der Waals surface area contributed by atoms with E-state index in [4.69, 9.17) is 0 Å². The summed E-state index contributed by atoms with van der Waals surface area (Å²) in [6.07, 6.45) is 2.13. The summed E-state index contributed by atoms with van der Waals surface area (Å²) in [5.41, 5.74) is 4.28. The van der Waals surface area contributed by atoms with Gasteiger partial charge < -0.3 is 15.1 Å². The Labute approximate surface area is 188 Å². The predicted octanol–water partition coefficient (Wildman–Crippen LogP) is 4.67. The number of carbonyl (C=O) groups is 2. The van der Waals surface area contributed by atoms with Gasteiger partial charge in [-0.1, -0.05) is 35.2 Å². The molecule has 1 aliphatic heterocycles. The number of carboxylic acid groups (broad SMARTS) is 2. The summed E-state index contributed by atoms with van der Waals surface area (Å²) >= 11 is 3.23. The minimum Gasteiger partial charge on any atom is -0.481 e. The minimum atomic E-state index is -0.834. The average Bonchev–Trinajstić information content (AvgIpc) is 3.21. The zero-order valence-corrected chi connectivity index (χ0v) is 18.9. The van der Waals surface area contributed by atoms with E-state index in [2.05, 4.69) is 51.9 Å². The zero-order chi connectivity index (χ0) is 22.1. The van der Waals surface area contributed by atoms with Crippen molar-refractivity contribution in [3.8, 4) is 0 Å². The van der Waals surface area contributed by atoms with Crippen molar-refractivity contribution in [2.45, 2.75) is 38.1 Å². The fraction of sp³-hybridized carbons (Fsp3) is 0.261. The number of hydrogen-bond acceptors (Lipinski definition) is 5. The predicted molar refractivity (Wildman–Crippen MR) is 124 cm³/mol. The maximum Gasteiger partial charge on any atom is 0.309 e. The first-order chi connectivity index (χ1) is 14.8. The zero-order valence-electron chi connectivity index (χ0n) is 17.3. The summed E-state index contributed by atoms with van der Waals surface area (Å²) < 4.78 is 3.15. The van der Waals surface area contributed by atoms with E-state index in [0.29, 0.717) is 13.1 Å². The molecular weight excluding hydrogens is 432 g/mol. The van der Waals surface area contributed by atoms with Gasteiger partial charge in [-0.3, -0.25) is 9.59 Å². The fourth-order valence-electron chi connectivity index (χ4n) is 3.62. The van der Waals surface area contributed by atoms with Crippen molar-refractivity contribution in [2.75, 3.05) is 11.4 Å². The number of carboxylic acids is 2. The number of aryl methyl sites for hydroxylation is 3. The Morgan fingerprint density at radius 2 is 1.74 bits per heavy atom. The van der Waals surface area contributed by atoms with Crippen LogP contribution in [0.3, 0.4) is 0 Å². The number of thiazole rings is 1. The minimum absolute atomic E-state index is 0.0376. The van der Waals surface area contributed by atoms with Gasteiger partial charge in [-0.25, -0.2) is 0 Å². The summed E-state index contributed by atoms with van der Waals surface area (Å²) in [5.74, 6) is -1.67. The number of benzene rings is 2. The Morgan fingerprint density at radius 1 is 1.03 bits per heavy atom. The molecule has 160 valence electrons. The molecule has 0 saturated carbocycles. The van der Waals surface area contributed by atoms with Crippen molar-refractivity contribution >= 4 is 57.0 Å². The van der Waals surface area contributed by atoms with Gasteiger partial charge in [-0.15, -0.1) is 0 Å². The molecule has 2 aromatic carbocycles. The number of thioether (sulfide) groups is 1. The monoisotopic (exact) mass is 455 g/mol. The number of fused-ring (bicyclic) bond motifs is 2. The summed E-state index contributed by atoms with van der Waals surface area (Å²) in [6.45, 7) is 4.81. The molecule has 0 aliphatic carbocycles. The molecule has 0 amide bonds. The number of hydrogen-bond donors (Lipinski definition) is 2. The first kappa shape index (κ1) is 21.4. The molecule has 0 unspecified atom stereocenters. The van der Waals surface area contributed by atoms with Crippen molar-refractivity contribution in [3.63, 3.8) is 0 Å². The summed E-state index contributed by atoms with van der Waals surface area (Å²) in [5, 5.41) is 20.4. The van der Waals surface area contributed by atoms with Gasteiger partial charge in [0.1, 0.15) is 11.1 Å². The number of aromatic nitrogens is 1.